The lowest BCUT2D eigenvalue weighted by Crippen LogP contribution is -2.57. The third-order valence-electron chi connectivity index (χ3n) is 4.84. The van der Waals surface area contributed by atoms with Gasteiger partial charge in [-0.3, -0.25) is 25.1 Å². The van der Waals surface area contributed by atoms with Gasteiger partial charge in [-0.15, -0.1) is 0 Å². The molecule has 2 aromatic carbocycles. The van der Waals surface area contributed by atoms with Crippen LogP contribution in [0.5, 0.6) is 0 Å². The Balaban J connectivity index is 2.39. The number of nitrogens with zero attached hydrogens (tertiary/aromatic N) is 2. The monoisotopic (exact) mass is 383 g/mol. The second-order valence-electron chi connectivity index (χ2n) is 7.07. The van der Waals surface area contributed by atoms with Gasteiger partial charge in [-0.25, -0.2) is 5.01 Å². The number of nitro groups is 1. The van der Waals surface area contributed by atoms with Crippen LogP contribution in [-0.2, 0) is 6.42 Å². The third kappa shape index (κ3) is 4.54. The first-order valence-corrected chi connectivity index (χ1v) is 9.19. The van der Waals surface area contributed by atoms with Gasteiger partial charge in [0, 0.05) is 11.6 Å². The molecular weight excluding hydrogens is 358 g/mol. The van der Waals surface area contributed by atoms with E-state index >= 15 is 0 Å². The van der Waals surface area contributed by atoms with Crippen LogP contribution in [-0.4, -0.2) is 27.3 Å². The van der Waals surface area contributed by atoms with Crippen molar-refractivity contribution in [3.8, 4) is 0 Å². The van der Waals surface area contributed by atoms with Crippen molar-refractivity contribution in [3.05, 3.63) is 75.3 Å². The van der Waals surface area contributed by atoms with E-state index in [-0.39, 0.29) is 11.3 Å². The number of para-hydroxylation sites is 1. The Morgan fingerprint density at radius 2 is 1.68 bits per heavy atom. The van der Waals surface area contributed by atoms with Crippen molar-refractivity contribution in [2.45, 2.75) is 46.1 Å². The average Bonchev–Trinajstić information content (AvgIpc) is 2.71. The third-order valence-corrected chi connectivity index (χ3v) is 4.84. The average molecular weight is 383 g/mol. The molecule has 2 aromatic rings. The zero-order valence-corrected chi connectivity index (χ0v) is 16.6. The lowest BCUT2D eigenvalue weighted by atomic mass is 9.99. The minimum Gasteiger partial charge on any atom is -0.267 e. The van der Waals surface area contributed by atoms with E-state index in [0.29, 0.717) is 12.0 Å². The smallest absolute Gasteiger partial charge is 0.267 e. The van der Waals surface area contributed by atoms with E-state index in [2.05, 4.69) is 5.43 Å². The highest BCUT2D eigenvalue weighted by Gasteiger charge is 2.35. The summed E-state index contributed by atoms with van der Waals surface area (Å²) in [6.45, 7) is 7.48. The van der Waals surface area contributed by atoms with Gasteiger partial charge in [0.15, 0.2) is 0 Å². The summed E-state index contributed by atoms with van der Waals surface area (Å²) < 4.78 is 0. The molecule has 0 fully saturated rings. The Morgan fingerprint density at radius 3 is 2.21 bits per heavy atom. The van der Waals surface area contributed by atoms with Crippen molar-refractivity contribution in [1.29, 1.82) is 0 Å². The fourth-order valence-corrected chi connectivity index (χ4v) is 2.63. The fourth-order valence-electron chi connectivity index (χ4n) is 2.63. The van der Waals surface area contributed by atoms with Gasteiger partial charge < -0.3 is 0 Å². The summed E-state index contributed by atoms with van der Waals surface area (Å²) in [7, 11) is 0. The number of benzene rings is 2. The summed E-state index contributed by atoms with van der Waals surface area (Å²) in [5.41, 5.74) is 3.03. The van der Waals surface area contributed by atoms with Crippen molar-refractivity contribution in [1.82, 2.24) is 10.4 Å². The number of hydrogen-bond donors (Lipinski definition) is 1. The molecule has 7 heteroatoms. The van der Waals surface area contributed by atoms with Crippen LogP contribution in [0.1, 0.15) is 60.4 Å². The van der Waals surface area contributed by atoms with E-state index in [4.69, 9.17) is 0 Å². The highest BCUT2D eigenvalue weighted by Crippen LogP contribution is 2.24. The van der Waals surface area contributed by atoms with Crippen LogP contribution in [0.25, 0.3) is 0 Å². The van der Waals surface area contributed by atoms with Crippen molar-refractivity contribution in [2.75, 3.05) is 0 Å². The minimum atomic E-state index is -0.750. The molecule has 0 saturated heterocycles. The molecule has 0 aromatic heterocycles. The number of rotatable bonds is 6. The van der Waals surface area contributed by atoms with Crippen LogP contribution in [0.3, 0.4) is 0 Å². The molecule has 0 atom stereocenters. The molecule has 0 aliphatic rings. The molecule has 0 heterocycles. The van der Waals surface area contributed by atoms with E-state index < -0.39 is 22.3 Å². The molecule has 0 aliphatic carbocycles. The van der Waals surface area contributed by atoms with Crippen LogP contribution in [0.15, 0.2) is 48.5 Å². The topological polar surface area (TPSA) is 92.6 Å². The van der Waals surface area contributed by atoms with E-state index in [1.165, 1.54) is 23.2 Å². The first kappa shape index (κ1) is 21.1. The molecule has 0 radical (unpaired) electrons. The summed E-state index contributed by atoms with van der Waals surface area (Å²) >= 11 is 0. The molecule has 0 saturated carbocycles. The van der Waals surface area contributed by atoms with Crippen molar-refractivity contribution in [2.24, 2.45) is 0 Å². The quantitative estimate of drug-likeness (QED) is 0.599. The van der Waals surface area contributed by atoms with Crippen molar-refractivity contribution in [3.63, 3.8) is 0 Å². The highest BCUT2D eigenvalue weighted by atomic mass is 16.6. The molecule has 0 bridgehead atoms. The molecule has 7 nitrogen and oxygen atoms in total. The standard InChI is InChI=1S/C21H25N3O4/c1-5-15-11-13-16(14-12-15)19(25)22-23(21(3,4)6-2)20(26)17-9-7-8-10-18(17)24(27)28/h7-14H,5-6H2,1-4H3,(H,22,25). The van der Waals surface area contributed by atoms with E-state index in [0.717, 1.165) is 12.0 Å². The largest absolute Gasteiger partial charge is 0.282 e. The number of hydrogen-bond acceptors (Lipinski definition) is 4. The Labute approximate surface area is 164 Å². The molecule has 1 N–H and O–H groups in total. The van der Waals surface area contributed by atoms with Crippen LogP contribution in [0.2, 0.25) is 0 Å². The zero-order chi connectivity index (χ0) is 20.9. The summed E-state index contributed by atoms with van der Waals surface area (Å²) in [4.78, 5) is 36.6. The Kier molecular flexibility index (Phi) is 6.51. The number of hydrazine groups is 1. The van der Waals surface area contributed by atoms with E-state index in [1.54, 1.807) is 32.0 Å². The van der Waals surface area contributed by atoms with Gasteiger partial charge in [-0.1, -0.05) is 38.1 Å². The van der Waals surface area contributed by atoms with Crippen molar-refractivity contribution < 1.29 is 14.5 Å². The predicted molar refractivity (Wildman–Crippen MR) is 107 cm³/mol. The SMILES string of the molecule is CCc1ccc(C(=O)NN(C(=O)c2ccccc2[N+](=O)[O-])C(C)(C)CC)cc1. The number of aryl methyl sites for hydroxylation is 1. The van der Waals surface area contributed by atoms with E-state index in [9.17, 15) is 19.7 Å². The maximum absolute atomic E-state index is 13.1. The molecule has 28 heavy (non-hydrogen) atoms. The summed E-state index contributed by atoms with van der Waals surface area (Å²) in [6, 6.07) is 12.8. The maximum atomic E-state index is 13.1. The molecule has 0 unspecified atom stereocenters. The molecular formula is C21H25N3O4. The van der Waals surface area contributed by atoms with Gasteiger partial charge in [0.1, 0.15) is 5.56 Å². The highest BCUT2D eigenvalue weighted by molar-refractivity contribution is 6.01. The second kappa shape index (κ2) is 8.65. The summed E-state index contributed by atoms with van der Waals surface area (Å²) in [5.74, 6) is -1.08. The molecule has 0 aliphatic heterocycles. The molecule has 2 amide bonds. The summed E-state index contributed by atoms with van der Waals surface area (Å²) in [5, 5.41) is 12.5. The number of nitro benzene ring substituents is 1. The van der Waals surface area contributed by atoms with Gasteiger partial charge in [0.2, 0.25) is 0 Å². The molecule has 148 valence electrons. The van der Waals surface area contributed by atoms with Crippen LogP contribution < -0.4 is 5.43 Å². The minimum absolute atomic E-state index is 0.0735. The Bertz CT molecular complexity index is 875. The second-order valence-corrected chi connectivity index (χ2v) is 7.07. The lowest BCUT2D eigenvalue weighted by Gasteiger charge is -2.37. The number of amides is 2. The number of nitrogens with one attached hydrogen (secondary N) is 1. The van der Waals surface area contributed by atoms with Gasteiger partial charge in [-0.05, 0) is 50.5 Å². The fraction of sp³-hybridized carbons (Fsp3) is 0.333. The van der Waals surface area contributed by atoms with Gasteiger partial charge in [0.05, 0.1) is 10.5 Å². The van der Waals surface area contributed by atoms with E-state index in [1.807, 2.05) is 26.0 Å². The van der Waals surface area contributed by atoms with Gasteiger partial charge in [-0.2, -0.15) is 0 Å². The Hall–Kier alpha value is -3.22. The normalized spacial score (nSPS) is 11.0. The van der Waals surface area contributed by atoms with Gasteiger partial charge in [0.25, 0.3) is 17.5 Å². The lowest BCUT2D eigenvalue weighted by molar-refractivity contribution is -0.385. The first-order chi connectivity index (χ1) is 13.2. The molecule has 2 rings (SSSR count). The number of carbonyl (C=O) groups is 2. The first-order valence-electron chi connectivity index (χ1n) is 9.19. The predicted octanol–water partition coefficient (Wildman–Crippen LogP) is 4.13. The summed E-state index contributed by atoms with van der Waals surface area (Å²) in [6.07, 6.45) is 1.39. The van der Waals surface area contributed by atoms with Crippen LogP contribution in [0.4, 0.5) is 5.69 Å². The van der Waals surface area contributed by atoms with Crippen LogP contribution in [0, 0.1) is 10.1 Å². The number of carbonyl (C=O) groups excluding carboxylic acids is 2. The zero-order valence-electron chi connectivity index (χ0n) is 16.6. The molecule has 0 spiro atoms. The Morgan fingerprint density at radius 1 is 1.07 bits per heavy atom. The maximum Gasteiger partial charge on any atom is 0.282 e. The van der Waals surface area contributed by atoms with Crippen LogP contribution >= 0.6 is 0 Å². The van der Waals surface area contributed by atoms with Crippen molar-refractivity contribution >= 4 is 17.5 Å². The van der Waals surface area contributed by atoms with Gasteiger partial charge >= 0.3 is 0 Å².